The lowest BCUT2D eigenvalue weighted by molar-refractivity contribution is 0.259. The van der Waals surface area contributed by atoms with E-state index in [2.05, 4.69) is 57.6 Å². The van der Waals surface area contributed by atoms with E-state index in [0.29, 0.717) is 21.4 Å². The van der Waals surface area contributed by atoms with Gasteiger partial charge in [0.2, 0.25) is 0 Å². The molecule has 5 aromatic rings. The number of aryl methyl sites for hydroxylation is 1. The molecular weight excluding hydrogens is 613 g/mol. The maximum atomic E-state index is 13.6. The summed E-state index contributed by atoms with van der Waals surface area (Å²) in [5.41, 5.74) is 6.58. The van der Waals surface area contributed by atoms with Crippen LogP contribution in [0.2, 0.25) is 10.0 Å². The summed E-state index contributed by atoms with van der Waals surface area (Å²) in [7, 11) is 0. The van der Waals surface area contributed by atoms with Gasteiger partial charge in [-0.25, -0.2) is 4.79 Å². The number of hydrogen-bond acceptors (Lipinski definition) is 4. The lowest BCUT2D eigenvalue weighted by Crippen LogP contribution is -2.47. The van der Waals surface area contributed by atoms with E-state index in [0.717, 1.165) is 61.6 Å². The lowest BCUT2D eigenvalue weighted by atomic mass is 10.1. The third-order valence-corrected chi connectivity index (χ3v) is 8.26. The minimum atomic E-state index is -0.295. The summed E-state index contributed by atoms with van der Waals surface area (Å²) in [6.07, 6.45) is 0.880. The number of nitrogens with one attached hydrogen (secondary N) is 1. The van der Waals surface area contributed by atoms with E-state index in [9.17, 15) is 4.79 Å². The van der Waals surface area contributed by atoms with Crippen molar-refractivity contribution in [3.8, 4) is 0 Å². The first-order chi connectivity index (χ1) is 20.9. The van der Waals surface area contributed by atoms with E-state index in [1.807, 2.05) is 43.3 Å². The number of carbonyl (C=O) groups is 1. The molecule has 0 radical (unpaired) electrons. The summed E-state index contributed by atoms with van der Waals surface area (Å²) in [6, 6.07) is 33.0. The highest BCUT2D eigenvalue weighted by atomic mass is 35.5. The van der Waals surface area contributed by atoms with Crippen LogP contribution in [0.4, 0.5) is 27.5 Å². The van der Waals surface area contributed by atoms with E-state index >= 15 is 0 Å². The lowest BCUT2D eigenvalue weighted by Gasteiger charge is -2.36. The fraction of sp³-hybridized carbons (Fsp3) is 0.200. The molecule has 44 heavy (non-hydrogen) atoms. The van der Waals surface area contributed by atoms with Gasteiger partial charge in [0.05, 0.1) is 16.9 Å². The average molecular weight is 647 g/mol. The van der Waals surface area contributed by atoms with E-state index < -0.39 is 0 Å². The van der Waals surface area contributed by atoms with Gasteiger partial charge in [-0.1, -0.05) is 53.5 Å². The molecule has 2 amide bonds. The Kier molecular flexibility index (Phi) is 10.3. The number of aromatic nitrogens is 1. The van der Waals surface area contributed by atoms with Crippen molar-refractivity contribution in [2.24, 2.45) is 0 Å². The second-order valence-electron chi connectivity index (χ2n) is 10.8. The van der Waals surface area contributed by atoms with Crippen molar-refractivity contribution in [2.45, 2.75) is 13.3 Å². The molecule has 1 saturated heterocycles. The van der Waals surface area contributed by atoms with E-state index in [4.69, 9.17) is 28.2 Å². The highest BCUT2D eigenvalue weighted by Gasteiger charge is 2.21. The van der Waals surface area contributed by atoms with Crippen LogP contribution in [0, 0.1) is 6.92 Å². The molecule has 6 nitrogen and oxygen atoms in total. The van der Waals surface area contributed by atoms with Gasteiger partial charge in [0.1, 0.15) is 0 Å². The van der Waals surface area contributed by atoms with E-state index in [-0.39, 0.29) is 18.4 Å². The van der Waals surface area contributed by atoms with Crippen LogP contribution in [-0.2, 0) is 6.42 Å². The SMILES string of the molecule is Cc1ccc2c(N3CCN(CCc4cccc(N(C(=O)Nc5cccc(Cl)c5)c5cccc(Cl)c5)c4)CC3)cccc2n1.Cl. The molecule has 9 heteroatoms. The molecule has 1 aromatic heterocycles. The van der Waals surface area contributed by atoms with Gasteiger partial charge in [-0.3, -0.25) is 14.8 Å². The number of pyridine rings is 1. The molecule has 0 aliphatic carbocycles. The Balaban J connectivity index is 0.00000384. The molecule has 1 aliphatic rings. The standard InChI is InChI=1S/C35H33Cl2N5O.ClH/c1-25-14-15-32-33(38-25)12-5-13-34(32)41-20-18-40(19-21-41)17-16-26-6-2-10-30(22-26)42(31-11-4-8-28(37)24-31)35(43)39-29-9-3-7-27(36)23-29;/h2-15,22-24H,16-21H2,1H3,(H,39,43);1H. The smallest absolute Gasteiger partial charge is 0.330 e. The molecule has 0 spiro atoms. The van der Waals surface area contributed by atoms with Gasteiger partial charge >= 0.3 is 6.03 Å². The summed E-state index contributed by atoms with van der Waals surface area (Å²) >= 11 is 12.5. The Morgan fingerprint density at radius 1 is 0.818 bits per heavy atom. The Labute approximate surface area is 274 Å². The summed E-state index contributed by atoms with van der Waals surface area (Å²) in [4.78, 5) is 25.0. The monoisotopic (exact) mass is 645 g/mol. The van der Waals surface area contributed by atoms with Gasteiger partial charge < -0.3 is 10.2 Å². The average Bonchev–Trinajstić information content (AvgIpc) is 3.00. The predicted octanol–water partition coefficient (Wildman–Crippen LogP) is 9.01. The first-order valence-electron chi connectivity index (χ1n) is 14.5. The van der Waals surface area contributed by atoms with Crippen LogP contribution in [-0.4, -0.2) is 48.6 Å². The van der Waals surface area contributed by atoms with Crippen LogP contribution in [0.25, 0.3) is 10.9 Å². The zero-order valence-electron chi connectivity index (χ0n) is 24.4. The van der Waals surface area contributed by atoms with Crippen molar-refractivity contribution in [2.75, 3.05) is 47.8 Å². The summed E-state index contributed by atoms with van der Waals surface area (Å²) in [6.45, 7) is 6.90. The largest absolute Gasteiger partial charge is 0.368 e. The van der Waals surface area contributed by atoms with Crippen LogP contribution in [0.1, 0.15) is 11.3 Å². The quantitative estimate of drug-likeness (QED) is 0.192. The molecule has 0 saturated carbocycles. The van der Waals surface area contributed by atoms with Gasteiger partial charge in [-0.05, 0) is 91.7 Å². The van der Waals surface area contributed by atoms with Crippen molar-refractivity contribution in [1.29, 1.82) is 0 Å². The van der Waals surface area contributed by atoms with Gasteiger partial charge in [0.25, 0.3) is 0 Å². The van der Waals surface area contributed by atoms with Crippen LogP contribution >= 0.6 is 35.6 Å². The normalized spacial score (nSPS) is 13.4. The number of amides is 2. The van der Waals surface area contributed by atoms with Crippen LogP contribution in [0.3, 0.4) is 0 Å². The topological polar surface area (TPSA) is 51.7 Å². The maximum Gasteiger partial charge on any atom is 0.330 e. The van der Waals surface area contributed by atoms with Gasteiger partial charge in [-0.2, -0.15) is 0 Å². The van der Waals surface area contributed by atoms with Gasteiger partial charge in [0, 0.05) is 65.2 Å². The Morgan fingerprint density at radius 3 is 2.25 bits per heavy atom. The van der Waals surface area contributed by atoms with Crippen LogP contribution < -0.4 is 15.1 Å². The van der Waals surface area contributed by atoms with Crippen LogP contribution in [0.5, 0.6) is 0 Å². The Hall–Kier alpha value is -3.81. The zero-order valence-corrected chi connectivity index (χ0v) is 26.7. The third kappa shape index (κ3) is 7.45. The number of rotatable bonds is 7. The summed E-state index contributed by atoms with van der Waals surface area (Å²) < 4.78 is 0. The number of carbonyl (C=O) groups excluding carboxylic acids is 1. The second kappa shape index (κ2) is 14.3. The van der Waals surface area contributed by atoms with Crippen molar-refractivity contribution < 1.29 is 4.79 Å². The molecule has 4 aromatic carbocycles. The van der Waals surface area contributed by atoms with Crippen molar-refractivity contribution in [3.63, 3.8) is 0 Å². The molecule has 0 bridgehead atoms. The first kappa shape index (κ1) is 31.6. The molecule has 1 fully saturated rings. The summed E-state index contributed by atoms with van der Waals surface area (Å²) in [5.74, 6) is 0. The number of anilines is 4. The maximum absolute atomic E-state index is 13.6. The fourth-order valence-corrected chi connectivity index (χ4v) is 5.99. The predicted molar refractivity (Wildman–Crippen MR) is 187 cm³/mol. The molecule has 226 valence electrons. The second-order valence-corrected chi connectivity index (χ2v) is 11.7. The third-order valence-electron chi connectivity index (χ3n) is 7.79. The highest BCUT2D eigenvalue weighted by Crippen LogP contribution is 2.30. The number of benzene rings is 4. The van der Waals surface area contributed by atoms with Crippen molar-refractivity contribution >= 4 is 75.3 Å². The van der Waals surface area contributed by atoms with Gasteiger partial charge in [-0.15, -0.1) is 12.4 Å². The zero-order chi connectivity index (χ0) is 29.8. The Morgan fingerprint density at radius 2 is 1.50 bits per heavy atom. The van der Waals surface area contributed by atoms with E-state index in [1.165, 1.54) is 11.1 Å². The fourth-order valence-electron chi connectivity index (χ4n) is 5.61. The number of halogens is 3. The highest BCUT2D eigenvalue weighted by molar-refractivity contribution is 6.31. The molecule has 1 N–H and O–H groups in total. The molecular formula is C35H34Cl3N5O. The minimum absolute atomic E-state index is 0. The number of piperazine rings is 1. The molecule has 1 aliphatic heterocycles. The number of nitrogens with zero attached hydrogens (tertiary/aromatic N) is 4. The number of hydrogen-bond donors (Lipinski definition) is 1. The molecule has 0 unspecified atom stereocenters. The minimum Gasteiger partial charge on any atom is -0.368 e. The Bertz CT molecular complexity index is 1760. The molecule has 0 atom stereocenters. The molecule has 6 rings (SSSR count). The van der Waals surface area contributed by atoms with E-state index in [1.54, 1.807) is 29.2 Å². The number of urea groups is 1. The molecule has 2 heterocycles. The van der Waals surface area contributed by atoms with Crippen molar-refractivity contribution in [1.82, 2.24) is 9.88 Å². The van der Waals surface area contributed by atoms with Crippen molar-refractivity contribution in [3.05, 3.63) is 124 Å². The van der Waals surface area contributed by atoms with Gasteiger partial charge in [0.15, 0.2) is 0 Å². The number of fused-ring (bicyclic) bond motifs is 1. The summed E-state index contributed by atoms with van der Waals surface area (Å²) in [5, 5.41) is 5.30. The first-order valence-corrected chi connectivity index (χ1v) is 15.2. The van der Waals surface area contributed by atoms with Crippen LogP contribution in [0.15, 0.2) is 103 Å².